The molecule has 302 valence electrons. The summed E-state index contributed by atoms with van der Waals surface area (Å²) in [6.07, 6.45) is -19.2. The van der Waals surface area contributed by atoms with E-state index in [1.54, 1.807) is 38.2 Å². The van der Waals surface area contributed by atoms with E-state index in [2.05, 4.69) is 10.6 Å². The van der Waals surface area contributed by atoms with Gasteiger partial charge in [0.25, 0.3) is 17.7 Å². The number of nitrogens with zero attached hydrogens (tertiary/aromatic N) is 1. The fourth-order valence-electron chi connectivity index (χ4n) is 8.22. The maximum Gasteiger partial charge on any atom is 0.264 e. The second kappa shape index (κ2) is 15.5. The van der Waals surface area contributed by atoms with Crippen molar-refractivity contribution in [1.29, 1.82) is 0 Å². The Morgan fingerprint density at radius 3 is 1.87 bits per heavy atom. The number of benzene rings is 2. The molecule has 20 heteroatoms. The Morgan fingerprint density at radius 2 is 1.35 bits per heavy atom. The molecule has 2 aromatic carbocycles. The molecule has 1 spiro atoms. The molecule has 0 bridgehead atoms. The molecule has 0 aliphatic carbocycles. The average molecular weight is 794 g/mol. The molecule has 4 heterocycles. The maximum absolute atomic E-state index is 14.8. The van der Waals surface area contributed by atoms with E-state index in [0.29, 0.717) is 16.8 Å². The molecule has 6 rings (SSSR count). The van der Waals surface area contributed by atoms with Gasteiger partial charge in [-0.05, 0) is 55.4 Å². The molecule has 14 atom stereocenters. The third kappa shape index (κ3) is 7.32. The van der Waals surface area contributed by atoms with Gasteiger partial charge in [-0.1, -0.05) is 19.1 Å². The minimum atomic E-state index is -3.07. The molecule has 55 heavy (non-hydrogen) atoms. The molecule has 19 nitrogen and oxygen atoms in total. The van der Waals surface area contributed by atoms with Gasteiger partial charge in [0.15, 0.2) is 38.7 Å². The average Bonchev–Trinajstić information content (AvgIpc) is 3.55. The summed E-state index contributed by atoms with van der Waals surface area (Å²) in [5, 5.41) is 95.3. The highest BCUT2D eigenvalue weighted by Crippen LogP contribution is 2.60. The Balaban J connectivity index is 1.32. The first kappa shape index (κ1) is 41.2. The minimum Gasteiger partial charge on any atom is -0.432 e. The van der Waals surface area contributed by atoms with Crippen LogP contribution in [0.15, 0.2) is 42.5 Å². The molecule has 3 amide bonds. The van der Waals surface area contributed by atoms with Gasteiger partial charge in [0.2, 0.25) is 0 Å². The van der Waals surface area contributed by atoms with Crippen molar-refractivity contribution in [2.24, 2.45) is 5.92 Å². The molecule has 2 aromatic rings. The Bertz CT molecular complexity index is 1780. The maximum atomic E-state index is 14.8. The van der Waals surface area contributed by atoms with Crippen LogP contribution in [0, 0.1) is 5.92 Å². The Labute approximate surface area is 315 Å². The Kier molecular flexibility index (Phi) is 11.6. The minimum absolute atomic E-state index is 0.0826. The quantitative estimate of drug-likeness (QED) is 0.112. The van der Waals surface area contributed by atoms with E-state index in [9.17, 15) is 65.1 Å². The van der Waals surface area contributed by atoms with E-state index in [4.69, 9.17) is 14.2 Å². The number of ether oxygens (including phenoxy) is 3. The first-order chi connectivity index (χ1) is 25.8. The number of fused-ring (bicyclic) bond motifs is 2. The number of rotatable bonds is 9. The lowest BCUT2D eigenvalue weighted by Crippen LogP contribution is -2.60. The molecular weight excluding hydrogens is 746 g/mol. The van der Waals surface area contributed by atoms with Crippen LogP contribution in [0.1, 0.15) is 24.5 Å². The lowest BCUT2D eigenvalue weighted by Gasteiger charge is -2.37. The Hall–Kier alpha value is -3.45. The smallest absolute Gasteiger partial charge is 0.264 e. The van der Waals surface area contributed by atoms with Crippen molar-refractivity contribution in [2.45, 2.75) is 112 Å². The SMILES string of the molecule is C[C@H]1[C@H]([Si](C)(C)O)[C@@H](CCO)O[C@]12C(=O)N(Cc1cccc(NC(=O)[C@H]3O[C@@H](O)[C@H](O)[C@@H](O)[C@@H]3O)c1)c1ccc(NC(=O)[C@H]3O[C@@H](O)[C@H](O)[C@@H](O)[C@@H]3O)cc12. The summed E-state index contributed by atoms with van der Waals surface area (Å²) in [7, 11) is -3.07. The second-order valence-corrected chi connectivity index (χ2v) is 19.0. The summed E-state index contributed by atoms with van der Waals surface area (Å²) in [5.41, 5.74) is -0.735. The van der Waals surface area contributed by atoms with E-state index in [1.165, 1.54) is 29.2 Å². The molecule has 4 aliphatic rings. The zero-order valence-corrected chi connectivity index (χ0v) is 31.0. The predicted molar refractivity (Wildman–Crippen MR) is 190 cm³/mol. The predicted octanol–water partition coefficient (Wildman–Crippen LogP) is -3.11. The van der Waals surface area contributed by atoms with Crippen LogP contribution in [0.2, 0.25) is 18.6 Å². The van der Waals surface area contributed by atoms with E-state index < -0.39 is 111 Å². The Morgan fingerprint density at radius 1 is 0.800 bits per heavy atom. The molecule has 0 aromatic heterocycles. The normalized spacial score (nSPS) is 37.6. The fourth-order valence-corrected chi connectivity index (χ4v) is 10.8. The van der Waals surface area contributed by atoms with E-state index in [0.717, 1.165) is 0 Å². The van der Waals surface area contributed by atoms with Gasteiger partial charge in [0.05, 0.1) is 18.3 Å². The van der Waals surface area contributed by atoms with E-state index in [1.807, 2.05) is 0 Å². The number of carbonyl (C=O) groups is 3. The van der Waals surface area contributed by atoms with Gasteiger partial charge < -0.3 is 80.5 Å². The van der Waals surface area contributed by atoms with Crippen molar-refractivity contribution < 1.29 is 79.3 Å². The van der Waals surface area contributed by atoms with Crippen LogP contribution >= 0.6 is 0 Å². The molecule has 0 saturated carbocycles. The number of amides is 3. The third-order valence-corrected chi connectivity index (χ3v) is 13.4. The van der Waals surface area contributed by atoms with Crippen molar-refractivity contribution in [3.05, 3.63) is 53.6 Å². The number of aliphatic hydroxyl groups is 9. The van der Waals surface area contributed by atoms with Crippen molar-refractivity contribution in [3.63, 3.8) is 0 Å². The number of aliphatic hydroxyl groups excluding tert-OH is 9. The fraction of sp³-hybridized carbons (Fsp3) is 0.571. The van der Waals surface area contributed by atoms with Crippen LogP contribution in [0.3, 0.4) is 0 Å². The summed E-state index contributed by atoms with van der Waals surface area (Å²) in [5.74, 6) is -3.06. The van der Waals surface area contributed by atoms with Crippen LogP contribution in [0.4, 0.5) is 17.1 Å². The van der Waals surface area contributed by atoms with Crippen molar-refractivity contribution in [1.82, 2.24) is 0 Å². The number of hydrogen-bond acceptors (Lipinski definition) is 16. The summed E-state index contributed by atoms with van der Waals surface area (Å²) in [4.78, 5) is 54.0. The number of hydrogen-bond donors (Lipinski definition) is 12. The first-order valence-electron chi connectivity index (χ1n) is 17.8. The third-order valence-electron chi connectivity index (χ3n) is 10.9. The lowest BCUT2D eigenvalue weighted by atomic mass is 9.82. The molecular formula is C35H47N3O16Si. The lowest BCUT2D eigenvalue weighted by molar-refractivity contribution is -0.274. The molecule has 4 aliphatic heterocycles. The van der Waals surface area contributed by atoms with Gasteiger partial charge in [-0.3, -0.25) is 14.4 Å². The largest absolute Gasteiger partial charge is 0.432 e. The van der Waals surface area contributed by atoms with Crippen LogP contribution in [-0.2, 0) is 40.7 Å². The zero-order chi connectivity index (χ0) is 40.3. The van der Waals surface area contributed by atoms with Gasteiger partial charge in [0, 0.05) is 35.0 Å². The number of carbonyl (C=O) groups excluding carboxylic acids is 3. The second-order valence-electron chi connectivity index (χ2n) is 15.0. The zero-order valence-electron chi connectivity index (χ0n) is 30.0. The van der Waals surface area contributed by atoms with Gasteiger partial charge in [-0.25, -0.2) is 0 Å². The van der Waals surface area contributed by atoms with Crippen LogP contribution < -0.4 is 15.5 Å². The highest BCUT2D eigenvalue weighted by Gasteiger charge is 2.66. The van der Waals surface area contributed by atoms with E-state index in [-0.39, 0.29) is 30.9 Å². The van der Waals surface area contributed by atoms with Crippen LogP contribution in [-0.4, -0.2) is 151 Å². The summed E-state index contributed by atoms with van der Waals surface area (Å²) >= 11 is 0. The standard InChI is InChI=1S/C35H47N3O16Si/c1-14-29(55(2,3)51)20(9-10-39)54-35(14)18-12-17(37-31(47)28-24(43)22(41)26(45)33(49)53-28)7-8-19(18)38(34(35)50)13-15-5-4-6-16(11-15)36-30(46)27-23(42)21(40)25(44)32(48)52-27/h4-8,11-12,14,20-29,32-33,39-45,48-49,51H,9-10,13H2,1-3H3,(H,36,46)(H,37,47)/t14-,20+,21-,22-,23-,24-,25+,26+,27-,28-,29-,32+,33+,35+/m0/s1. The highest BCUT2D eigenvalue weighted by atomic mass is 28.4. The van der Waals surface area contributed by atoms with Crippen molar-refractivity contribution >= 4 is 43.1 Å². The molecule has 0 radical (unpaired) electrons. The van der Waals surface area contributed by atoms with Gasteiger partial charge in [-0.2, -0.15) is 0 Å². The van der Waals surface area contributed by atoms with Gasteiger partial charge in [-0.15, -0.1) is 0 Å². The van der Waals surface area contributed by atoms with Crippen LogP contribution in [0.5, 0.6) is 0 Å². The van der Waals surface area contributed by atoms with E-state index >= 15 is 0 Å². The molecule has 12 N–H and O–H groups in total. The number of anilines is 3. The van der Waals surface area contributed by atoms with Gasteiger partial charge in [0.1, 0.15) is 36.6 Å². The molecule has 3 fully saturated rings. The molecule has 0 unspecified atom stereocenters. The van der Waals surface area contributed by atoms with Crippen molar-refractivity contribution in [3.8, 4) is 0 Å². The highest BCUT2D eigenvalue weighted by molar-refractivity contribution is 6.71. The first-order valence-corrected chi connectivity index (χ1v) is 20.8. The number of nitrogens with one attached hydrogen (secondary N) is 2. The molecule has 3 saturated heterocycles. The van der Waals surface area contributed by atoms with Crippen LogP contribution in [0.25, 0.3) is 0 Å². The topological polar surface area (TPSA) is 308 Å². The monoisotopic (exact) mass is 793 g/mol. The van der Waals surface area contributed by atoms with Crippen molar-refractivity contribution in [2.75, 3.05) is 22.1 Å². The summed E-state index contributed by atoms with van der Waals surface area (Å²) < 4.78 is 16.7. The summed E-state index contributed by atoms with van der Waals surface area (Å²) in [6.45, 7) is 4.83. The van der Waals surface area contributed by atoms with Gasteiger partial charge >= 0.3 is 0 Å². The summed E-state index contributed by atoms with van der Waals surface area (Å²) in [6, 6.07) is 10.8.